The molecule has 0 N–H and O–H groups in total. The van der Waals surface area contributed by atoms with Crippen LogP contribution in [0.4, 0.5) is 0 Å². The SMILES string of the molecule is [2H]c1c([2H])c([2H])c(-c2c([2H])c([2H])c([2H])c([2H])c2-c2nc(-c3c([2H])c([2H])c([2H])c([2H])c3-n3c4ccccc4c4ccccc43)nc(-c3c([2H])c([2H])c([2H])c4c3sc3c([2H])c([2H])c([2H])c([2H])c34)n2)c([2H])c1[2H]. The average molecular weight is 677 g/mol. The van der Waals surface area contributed by atoms with Crippen molar-refractivity contribution >= 4 is 53.3 Å². The van der Waals surface area contributed by atoms with Gasteiger partial charge in [0.2, 0.25) is 0 Å². The fourth-order valence-corrected chi connectivity index (χ4v) is 7.10. The number of thiophene rings is 1. The zero-order valence-corrected chi connectivity index (χ0v) is 26.1. The normalized spacial score (nSPS) is 17.2. The summed E-state index contributed by atoms with van der Waals surface area (Å²) in [6.07, 6.45) is 0. The van der Waals surface area contributed by atoms with Crippen LogP contribution in [0.3, 0.4) is 0 Å². The molecule has 0 fully saturated rings. The highest BCUT2D eigenvalue weighted by Crippen LogP contribution is 2.41. The average Bonchev–Trinajstić information content (AvgIpc) is 3.91. The van der Waals surface area contributed by atoms with Gasteiger partial charge in [-0.05, 0) is 47.4 Å². The molecule has 50 heavy (non-hydrogen) atoms. The van der Waals surface area contributed by atoms with Gasteiger partial charge in [-0.1, -0.05) is 133 Å². The molecule has 0 spiro atoms. The van der Waals surface area contributed by atoms with Gasteiger partial charge in [0, 0.05) is 47.6 Å². The molecule has 0 aliphatic rings. The van der Waals surface area contributed by atoms with Crippen molar-refractivity contribution in [2.75, 3.05) is 0 Å². The van der Waals surface area contributed by atoms with Crippen molar-refractivity contribution in [3.8, 4) is 51.0 Å². The van der Waals surface area contributed by atoms with E-state index in [1.54, 1.807) is 41.0 Å². The molecule has 0 aliphatic carbocycles. The standard InChI is InChI=1S/C45H28N4S/c1-2-15-29(16-3-1)30-17-4-5-21-35(30)43-46-44(48-45(47-43)37-24-14-23-34-33-20-9-13-28-41(33)50-42(34)37)36-22-8-12-27-40(36)49-38-25-10-6-18-31(38)32-19-7-11-26-39(32)49/h1-28H/i1D,2D,3D,4D,5D,8D,9D,12D,13D,14D,15D,16D,17D,20D,21D,22D,23D,24D,27D,28D. The fraction of sp³-hybridized carbons (Fsp3) is 0. The van der Waals surface area contributed by atoms with Crippen molar-refractivity contribution in [2.45, 2.75) is 0 Å². The highest BCUT2D eigenvalue weighted by molar-refractivity contribution is 7.26. The molecule has 0 amide bonds. The first-order chi connectivity index (χ1) is 33.1. The topological polar surface area (TPSA) is 43.6 Å². The first-order valence-electron chi connectivity index (χ1n) is 25.1. The molecule has 0 atom stereocenters. The Balaban J connectivity index is 1.45. The van der Waals surface area contributed by atoms with Gasteiger partial charge in [-0.2, -0.15) is 0 Å². The third-order valence-corrected chi connectivity index (χ3v) is 9.27. The lowest BCUT2D eigenvalue weighted by Gasteiger charge is -2.15. The van der Waals surface area contributed by atoms with Crippen LogP contribution in [0, 0.1) is 0 Å². The molecule has 0 saturated heterocycles. The number of nitrogens with zero attached hydrogens (tertiary/aromatic N) is 4. The summed E-state index contributed by atoms with van der Waals surface area (Å²) in [6.45, 7) is 0. The summed E-state index contributed by atoms with van der Waals surface area (Å²) in [4.78, 5) is 14.1. The van der Waals surface area contributed by atoms with E-state index < -0.39 is 161 Å². The summed E-state index contributed by atoms with van der Waals surface area (Å²) in [5, 5.41) is 1.05. The van der Waals surface area contributed by atoms with Crippen LogP contribution in [0.2, 0.25) is 0 Å². The van der Waals surface area contributed by atoms with E-state index in [9.17, 15) is 5.48 Å². The summed E-state index contributed by atoms with van der Waals surface area (Å²) < 4.78 is 179. The summed E-state index contributed by atoms with van der Waals surface area (Å²) in [6, 6.07) is -0.600. The Morgan fingerprint density at radius 1 is 0.440 bits per heavy atom. The Labute approximate surface area is 320 Å². The highest BCUT2D eigenvalue weighted by Gasteiger charge is 2.21. The molecule has 0 saturated carbocycles. The van der Waals surface area contributed by atoms with Gasteiger partial charge in [-0.15, -0.1) is 11.3 Å². The van der Waals surface area contributed by atoms with Crippen LogP contribution in [0.25, 0.3) is 93.0 Å². The van der Waals surface area contributed by atoms with Gasteiger partial charge in [-0.25, -0.2) is 15.0 Å². The Kier molecular flexibility index (Phi) is 3.48. The predicted molar refractivity (Wildman–Crippen MR) is 209 cm³/mol. The van der Waals surface area contributed by atoms with Gasteiger partial charge in [0.15, 0.2) is 17.5 Å². The highest BCUT2D eigenvalue weighted by atomic mass is 32.1. The molecular weight excluding hydrogens is 629 g/mol. The van der Waals surface area contributed by atoms with E-state index in [-0.39, 0.29) is 31.4 Å². The van der Waals surface area contributed by atoms with Crippen molar-refractivity contribution in [1.82, 2.24) is 19.5 Å². The zero-order valence-electron chi connectivity index (χ0n) is 45.3. The lowest BCUT2D eigenvalue weighted by molar-refractivity contribution is 1.07. The monoisotopic (exact) mass is 676 g/mol. The maximum atomic E-state index is 9.51. The Morgan fingerprint density at radius 2 is 0.980 bits per heavy atom. The Bertz CT molecular complexity index is 3960. The van der Waals surface area contributed by atoms with Gasteiger partial charge < -0.3 is 4.57 Å². The lowest BCUT2D eigenvalue weighted by Crippen LogP contribution is -2.04. The van der Waals surface area contributed by atoms with Crippen molar-refractivity contribution in [2.24, 2.45) is 0 Å². The largest absolute Gasteiger partial charge is 0.309 e. The van der Waals surface area contributed by atoms with E-state index in [2.05, 4.69) is 4.98 Å². The number of aromatic nitrogens is 4. The molecule has 3 heterocycles. The first kappa shape index (κ1) is 15.0. The van der Waals surface area contributed by atoms with Crippen LogP contribution in [-0.2, 0) is 0 Å². The second-order valence-corrected chi connectivity index (χ2v) is 11.9. The number of hydrogen-bond donors (Lipinski definition) is 0. The molecule has 10 aromatic rings. The van der Waals surface area contributed by atoms with Crippen molar-refractivity contribution in [3.63, 3.8) is 0 Å². The van der Waals surface area contributed by atoms with Crippen LogP contribution in [0.5, 0.6) is 0 Å². The molecule has 0 aliphatic heterocycles. The minimum absolute atomic E-state index is 0.0540. The maximum absolute atomic E-state index is 9.51. The van der Waals surface area contributed by atoms with Gasteiger partial charge in [-0.3, -0.25) is 0 Å². The van der Waals surface area contributed by atoms with Crippen LogP contribution in [0.15, 0.2) is 169 Å². The second-order valence-electron chi connectivity index (χ2n) is 10.9. The molecule has 0 unspecified atom stereocenters. The van der Waals surface area contributed by atoms with Crippen molar-refractivity contribution in [1.29, 1.82) is 0 Å². The third-order valence-electron chi connectivity index (χ3n) is 8.15. The second kappa shape index (κ2) is 11.6. The molecule has 5 heteroatoms. The van der Waals surface area contributed by atoms with Crippen LogP contribution < -0.4 is 0 Å². The maximum Gasteiger partial charge on any atom is 0.166 e. The molecule has 3 aromatic heterocycles. The number of rotatable bonds is 5. The fourth-order valence-electron chi connectivity index (χ4n) is 6.04. The van der Waals surface area contributed by atoms with Gasteiger partial charge in [0.05, 0.1) is 44.1 Å². The Morgan fingerprint density at radius 3 is 1.74 bits per heavy atom. The molecule has 0 bridgehead atoms. The lowest BCUT2D eigenvalue weighted by atomic mass is 9.99. The molecular formula is C45H28N4S. The number of fused-ring (bicyclic) bond motifs is 6. The zero-order chi connectivity index (χ0) is 50.4. The minimum Gasteiger partial charge on any atom is -0.309 e. The number of hydrogen-bond acceptors (Lipinski definition) is 4. The quantitative estimate of drug-likeness (QED) is 0.182. The third kappa shape index (κ3) is 4.55. The number of para-hydroxylation sites is 3. The van der Waals surface area contributed by atoms with Crippen molar-refractivity contribution < 1.29 is 27.4 Å². The first-order valence-corrected chi connectivity index (χ1v) is 15.9. The van der Waals surface area contributed by atoms with Gasteiger partial charge >= 0.3 is 0 Å². The van der Waals surface area contributed by atoms with Crippen LogP contribution in [0.1, 0.15) is 27.4 Å². The number of benzene rings is 7. The van der Waals surface area contributed by atoms with Gasteiger partial charge in [0.25, 0.3) is 0 Å². The summed E-state index contributed by atoms with van der Waals surface area (Å²) >= 11 is 0.728. The van der Waals surface area contributed by atoms with E-state index in [0.717, 1.165) is 11.3 Å². The molecule has 0 radical (unpaired) electrons. The molecule has 234 valence electrons. The molecule has 7 aromatic carbocycles. The molecule has 4 nitrogen and oxygen atoms in total. The van der Waals surface area contributed by atoms with Gasteiger partial charge in [0.1, 0.15) is 0 Å². The summed E-state index contributed by atoms with van der Waals surface area (Å²) in [5.74, 6) is -1.90. The van der Waals surface area contributed by atoms with Crippen LogP contribution >= 0.6 is 11.3 Å². The van der Waals surface area contributed by atoms with E-state index in [1.165, 1.54) is 0 Å². The van der Waals surface area contributed by atoms with E-state index in [0.29, 0.717) is 21.8 Å². The van der Waals surface area contributed by atoms with E-state index >= 15 is 0 Å². The summed E-state index contributed by atoms with van der Waals surface area (Å²) in [5.41, 5.74) is -1.99. The minimum atomic E-state index is -0.882. The van der Waals surface area contributed by atoms with E-state index in [4.69, 9.17) is 31.9 Å². The van der Waals surface area contributed by atoms with Crippen LogP contribution in [-0.4, -0.2) is 19.5 Å². The van der Waals surface area contributed by atoms with Crippen molar-refractivity contribution in [3.05, 3.63) is 169 Å². The Hall–Kier alpha value is -6.43. The summed E-state index contributed by atoms with van der Waals surface area (Å²) in [7, 11) is 0. The molecule has 10 rings (SSSR count). The smallest absolute Gasteiger partial charge is 0.166 e. The van der Waals surface area contributed by atoms with E-state index in [1.807, 2.05) is 12.1 Å². The predicted octanol–water partition coefficient (Wildman–Crippen LogP) is 12.0.